The van der Waals surface area contributed by atoms with Gasteiger partial charge in [-0.3, -0.25) is 0 Å². The van der Waals surface area contributed by atoms with E-state index in [9.17, 15) is 0 Å². The molecule has 1 aromatic rings. The Morgan fingerprint density at radius 1 is 1.12 bits per heavy atom. The minimum atomic E-state index is -2.11. The zero-order valence-corrected chi connectivity index (χ0v) is 10.2. The van der Waals surface area contributed by atoms with Crippen LogP contribution >= 0.6 is 0 Å². The first kappa shape index (κ1) is 8.32. The minimum Gasteiger partial charge on any atom is -0.399 e. The van der Waals surface area contributed by atoms with E-state index >= 15 is 0 Å². The third-order valence-corrected chi connectivity index (χ3v) is 3.41. The average molecular weight is 221 g/mol. The van der Waals surface area contributed by atoms with Crippen LogP contribution in [0.25, 0.3) is 0 Å². The van der Waals surface area contributed by atoms with Gasteiger partial charge in [-0.1, -0.05) is 29.8 Å². The van der Waals surface area contributed by atoms with E-state index in [1.807, 2.05) is 33.8 Å². The van der Waals surface area contributed by atoms with Crippen LogP contribution in [0.1, 0.15) is 37.4 Å². The van der Waals surface area contributed by atoms with Gasteiger partial charge in [-0.05, 0) is 40.0 Å². The van der Waals surface area contributed by atoms with Crippen LogP contribution in [0, 0.1) is 6.85 Å². The van der Waals surface area contributed by atoms with Gasteiger partial charge >= 0.3 is 7.12 Å². The van der Waals surface area contributed by atoms with Crippen LogP contribution in [0.15, 0.2) is 24.3 Å². The van der Waals surface area contributed by atoms with Crippen molar-refractivity contribution in [3.8, 4) is 0 Å². The molecule has 1 aromatic carbocycles. The summed E-state index contributed by atoms with van der Waals surface area (Å²) in [7, 11) is -0.521. The van der Waals surface area contributed by atoms with Gasteiger partial charge in [0.15, 0.2) is 0 Å². The zero-order chi connectivity index (χ0) is 14.5. The van der Waals surface area contributed by atoms with Crippen molar-refractivity contribution in [2.75, 3.05) is 0 Å². The highest BCUT2D eigenvalue weighted by Gasteiger charge is 2.51. The minimum absolute atomic E-state index is 0.305. The first-order valence-electron chi connectivity index (χ1n) is 6.99. The van der Waals surface area contributed by atoms with Gasteiger partial charge in [0.05, 0.1) is 11.2 Å². The lowest BCUT2D eigenvalue weighted by molar-refractivity contribution is 0.00578. The molecule has 0 unspecified atom stereocenters. The molecule has 0 bridgehead atoms. The maximum absolute atomic E-state index is 7.45. The first-order valence-corrected chi connectivity index (χ1v) is 5.49. The third-order valence-electron chi connectivity index (χ3n) is 3.41. The average Bonchev–Trinajstić information content (AvgIpc) is 2.47. The highest BCUT2D eigenvalue weighted by atomic mass is 16.7. The van der Waals surface area contributed by atoms with Gasteiger partial charge in [0.2, 0.25) is 0 Å². The van der Waals surface area contributed by atoms with Crippen LogP contribution in [-0.4, -0.2) is 18.3 Å². The van der Waals surface area contributed by atoms with Crippen molar-refractivity contribution in [3.63, 3.8) is 0 Å². The summed E-state index contributed by atoms with van der Waals surface area (Å²) in [5, 5.41) is 0. The van der Waals surface area contributed by atoms with E-state index < -0.39 is 25.2 Å². The molecule has 0 aromatic heterocycles. The smallest absolute Gasteiger partial charge is 0.399 e. The van der Waals surface area contributed by atoms with E-state index in [0.717, 1.165) is 5.46 Å². The fourth-order valence-electron chi connectivity index (χ4n) is 1.66. The largest absolute Gasteiger partial charge is 0.494 e. The normalized spacial score (nSPS) is 26.0. The summed E-state index contributed by atoms with van der Waals surface area (Å²) in [5.74, 6) is 0. The van der Waals surface area contributed by atoms with E-state index in [-0.39, 0.29) is 0 Å². The molecule has 3 heteroatoms. The molecule has 16 heavy (non-hydrogen) atoms. The van der Waals surface area contributed by atoms with Crippen LogP contribution in [0.3, 0.4) is 0 Å². The predicted molar refractivity (Wildman–Crippen MR) is 66.9 cm³/mol. The Morgan fingerprint density at radius 3 is 2.31 bits per heavy atom. The van der Waals surface area contributed by atoms with Crippen molar-refractivity contribution in [2.24, 2.45) is 0 Å². The molecule has 0 atom stereocenters. The number of benzene rings is 1. The molecule has 0 aliphatic carbocycles. The van der Waals surface area contributed by atoms with E-state index in [4.69, 9.17) is 13.4 Å². The van der Waals surface area contributed by atoms with Gasteiger partial charge < -0.3 is 9.31 Å². The fourth-order valence-corrected chi connectivity index (χ4v) is 1.66. The Balaban J connectivity index is 2.30. The standard InChI is InChI=1S/C13H19BO2/c1-10-7-6-8-11(9-10)14-15-12(2,3)13(4,5)16-14/h6-9H,1-5H3/i1D3. The van der Waals surface area contributed by atoms with E-state index in [0.29, 0.717) is 5.56 Å². The van der Waals surface area contributed by atoms with Gasteiger partial charge in [-0.15, -0.1) is 0 Å². The molecule has 0 N–H and O–H groups in total. The van der Waals surface area contributed by atoms with Gasteiger partial charge in [0.25, 0.3) is 0 Å². The summed E-state index contributed by atoms with van der Waals surface area (Å²) in [6.07, 6.45) is 0. The Hall–Kier alpha value is -0.795. The van der Waals surface area contributed by atoms with Crippen molar-refractivity contribution in [2.45, 2.75) is 45.7 Å². The third kappa shape index (κ3) is 1.90. The maximum Gasteiger partial charge on any atom is 0.494 e. The van der Waals surface area contributed by atoms with Gasteiger partial charge in [-0.25, -0.2) is 0 Å². The number of hydrogen-bond donors (Lipinski definition) is 0. The Morgan fingerprint density at radius 2 is 1.75 bits per heavy atom. The van der Waals surface area contributed by atoms with Crippen LogP contribution in [0.4, 0.5) is 0 Å². The topological polar surface area (TPSA) is 18.5 Å². The second kappa shape index (κ2) is 3.61. The molecule has 0 spiro atoms. The Labute approximate surface area is 102 Å². The first-order chi connectivity index (χ1) is 8.53. The van der Waals surface area contributed by atoms with Crippen molar-refractivity contribution >= 4 is 12.6 Å². The SMILES string of the molecule is [2H]C([2H])([2H])c1cccc(B2OC(C)(C)C(C)(C)O2)c1. The molecular weight excluding hydrogens is 199 g/mol. The molecule has 86 valence electrons. The molecule has 1 heterocycles. The number of rotatable bonds is 1. The van der Waals surface area contributed by atoms with Crippen molar-refractivity contribution in [1.82, 2.24) is 0 Å². The molecular formula is C13H19BO2. The predicted octanol–water partition coefficient (Wildman–Crippen LogP) is 2.29. The Kier molecular flexibility index (Phi) is 1.88. The maximum atomic E-state index is 7.45. The molecule has 1 saturated heterocycles. The van der Waals surface area contributed by atoms with E-state index in [2.05, 4.69) is 0 Å². The highest BCUT2D eigenvalue weighted by Crippen LogP contribution is 2.36. The lowest BCUT2D eigenvalue weighted by atomic mass is 9.78. The molecule has 0 amide bonds. The van der Waals surface area contributed by atoms with E-state index in [1.54, 1.807) is 18.2 Å². The van der Waals surface area contributed by atoms with Crippen molar-refractivity contribution in [1.29, 1.82) is 0 Å². The summed E-state index contributed by atoms with van der Waals surface area (Å²) in [6.45, 7) is 5.78. The van der Waals surface area contributed by atoms with Crippen LogP contribution in [-0.2, 0) is 9.31 Å². The van der Waals surface area contributed by atoms with E-state index in [1.165, 1.54) is 0 Å². The molecule has 1 aliphatic rings. The zero-order valence-electron chi connectivity index (χ0n) is 13.2. The Bertz CT molecular complexity index is 467. The molecule has 0 saturated carbocycles. The summed E-state index contributed by atoms with van der Waals surface area (Å²) in [5.41, 5.74) is 0.202. The quantitative estimate of drug-likeness (QED) is 0.677. The van der Waals surface area contributed by atoms with Crippen molar-refractivity contribution in [3.05, 3.63) is 29.8 Å². The molecule has 1 aliphatic heterocycles. The molecule has 2 nitrogen and oxygen atoms in total. The number of aryl methyl sites for hydroxylation is 1. The monoisotopic (exact) mass is 221 g/mol. The van der Waals surface area contributed by atoms with Crippen LogP contribution < -0.4 is 5.46 Å². The lowest BCUT2D eigenvalue weighted by Crippen LogP contribution is -2.41. The van der Waals surface area contributed by atoms with Gasteiger partial charge in [0, 0.05) is 4.11 Å². The van der Waals surface area contributed by atoms with Crippen molar-refractivity contribution < 1.29 is 13.4 Å². The van der Waals surface area contributed by atoms with Gasteiger partial charge in [-0.2, -0.15) is 0 Å². The lowest BCUT2D eigenvalue weighted by Gasteiger charge is -2.32. The van der Waals surface area contributed by atoms with Gasteiger partial charge in [0.1, 0.15) is 0 Å². The van der Waals surface area contributed by atoms with Crippen LogP contribution in [0.2, 0.25) is 0 Å². The molecule has 2 rings (SSSR count). The number of hydrogen-bond acceptors (Lipinski definition) is 2. The fraction of sp³-hybridized carbons (Fsp3) is 0.538. The second-order valence-electron chi connectivity index (χ2n) is 5.21. The summed E-state index contributed by atoms with van der Waals surface area (Å²) >= 11 is 0. The molecule has 0 radical (unpaired) electrons. The summed E-state index contributed by atoms with van der Waals surface area (Å²) in [6, 6.07) is 6.79. The second-order valence-corrected chi connectivity index (χ2v) is 5.21. The summed E-state index contributed by atoms with van der Waals surface area (Å²) in [4.78, 5) is 0. The van der Waals surface area contributed by atoms with Crippen LogP contribution in [0.5, 0.6) is 0 Å². The summed E-state index contributed by atoms with van der Waals surface area (Å²) < 4.78 is 34.2. The molecule has 1 fully saturated rings. The highest BCUT2D eigenvalue weighted by molar-refractivity contribution is 6.62.